The van der Waals surface area contributed by atoms with Gasteiger partial charge in [0.25, 0.3) is 0 Å². The number of aryl methyl sites for hydroxylation is 1. The number of alkyl halides is 1. The van der Waals surface area contributed by atoms with Gasteiger partial charge >= 0.3 is 0 Å². The van der Waals surface area contributed by atoms with Gasteiger partial charge in [0.15, 0.2) is 0 Å². The van der Waals surface area contributed by atoms with Gasteiger partial charge in [-0.1, -0.05) is 82.8 Å². The monoisotopic (exact) mass is 370 g/mol. The Labute approximate surface area is 139 Å². The Morgan fingerprint density at radius 1 is 1.00 bits per heavy atom. The highest BCUT2D eigenvalue weighted by Crippen LogP contribution is 2.39. The number of hydrogen-bond donors (Lipinski definition) is 0. The first-order valence-electron chi connectivity index (χ1n) is 6.80. The summed E-state index contributed by atoms with van der Waals surface area (Å²) in [5, 5.41) is 1.38. The molecule has 0 nitrogen and oxygen atoms in total. The second kappa shape index (κ2) is 7.49. The molecule has 0 aliphatic heterocycles. The van der Waals surface area contributed by atoms with Crippen molar-refractivity contribution < 1.29 is 0 Å². The van der Waals surface area contributed by atoms with E-state index in [0.29, 0.717) is 10.0 Å². The minimum absolute atomic E-state index is 0.0175. The zero-order valence-electron chi connectivity index (χ0n) is 11.4. The molecule has 3 heteroatoms. The molecular formula is C17H17BrCl2. The van der Waals surface area contributed by atoms with Crippen LogP contribution in [-0.4, -0.2) is 0 Å². The normalized spacial score (nSPS) is 12.4. The molecule has 0 aliphatic carbocycles. The summed E-state index contributed by atoms with van der Waals surface area (Å²) in [4.78, 5) is 0.0175. The lowest BCUT2D eigenvalue weighted by atomic mass is 10.0. The summed E-state index contributed by atoms with van der Waals surface area (Å²) in [7, 11) is 0. The van der Waals surface area contributed by atoms with Crippen LogP contribution in [0.3, 0.4) is 0 Å². The van der Waals surface area contributed by atoms with Gasteiger partial charge in [0.2, 0.25) is 0 Å². The topological polar surface area (TPSA) is 0 Å². The van der Waals surface area contributed by atoms with Crippen molar-refractivity contribution in [3.8, 4) is 0 Å². The first-order valence-corrected chi connectivity index (χ1v) is 8.47. The van der Waals surface area contributed by atoms with Gasteiger partial charge in [-0.2, -0.15) is 0 Å². The average molecular weight is 372 g/mol. The molecule has 0 bridgehead atoms. The van der Waals surface area contributed by atoms with E-state index < -0.39 is 0 Å². The summed E-state index contributed by atoms with van der Waals surface area (Å²) in [6.07, 6.45) is 3.59. The molecule has 0 heterocycles. The Kier molecular flexibility index (Phi) is 5.95. The maximum Gasteiger partial charge on any atom is 0.0673 e. The molecule has 0 aromatic heterocycles. The van der Waals surface area contributed by atoms with Crippen molar-refractivity contribution in [2.24, 2.45) is 0 Å². The van der Waals surface area contributed by atoms with E-state index in [1.54, 1.807) is 0 Å². The average Bonchev–Trinajstić information content (AvgIpc) is 2.45. The standard InChI is InChI=1S/C17H17BrCl2/c1-2-3-5-12-8-10-13(11-9-12)17(18)16-14(19)6-4-7-15(16)20/h4,6-11,17H,2-3,5H2,1H3. The van der Waals surface area contributed by atoms with E-state index in [-0.39, 0.29) is 4.83 Å². The lowest BCUT2D eigenvalue weighted by molar-refractivity contribution is 0.795. The molecule has 1 atom stereocenters. The van der Waals surface area contributed by atoms with E-state index in [9.17, 15) is 0 Å². The summed E-state index contributed by atoms with van der Waals surface area (Å²) in [5.41, 5.74) is 3.47. The number of unbranched alkanes of at least 4 members (excludes halogenated alkanes) is 1. The van der Waals surface area contributed by atoms with E-state index >= 15 is 0 Å². The molecular weight excluding hydrogens is 355 g/mol. The third-order valence-corrected chi connectivity index (χ3v) is 4.99. The van der Waals surface area contributed by atoms with Crippen molar-refractivity contribution >= 4 is 39.1 Å². The first kappa shape index (κ1) is 15.9. The Bertz CT molecular complexity index is 543. The van der Waals surface area contributed by atoms with E-state index in [1.165, 1.54) is 24.0 Å². The fraction of sp³-hybridized carbons (Fsp3) is 0.294. The highest BCUT2D eigenvalue weighted by molar-refractivity contribution is 9.09. The van der Waals surface area contributed by atoms with Gasteiger partial charge in [-0.25, -0.2) is 0 Å². The van der Waals surface area contributed by atoms with Crippen LogP contribution in [0, 0.1) is 0 Å². The molecule has 0 aliphatic rings. The van der Waals surface area contributed by atoms with Gasteiger partial charge in [-0.05, 0) is 36.1 Å². The third-order valence-electron chi connectivity index (χ3n) is 3.34. The SMILES string of the molecule is CCCCc1ccc(C(Br)c2c(Cl)cccc2Cl)cc1. The van der Waals surface area contributed by atoms with Crippen LogP contribution in [0.2, 0.25) is 10.0 Å². The van der Waals surface area contributed by atoms with Gasteiger partial charge in [0.05, 0.1) is 4.83 Å². The molecule has 0 fully saturated rings. The minimum Gasteiger partial charge on any atom is -0.0839 e. The van der Waals surface area contributed by atoms with E-state index in [0.717, 1.165) is 12.0 Å². The Balaban J connectivity index is 2.23. The van der Waals surface area contributed by atoms with Crippen LogP contribution in [-0.2, 0) is 6.42 Å². The predicted molar refractivity (Wildman–Crippen MR) is 92.3 cm³/mol. The highest BCUT2D eigenvalue weighted by atomic mass is 79.9. The summed E-state index contributed by atoms with van der Waals surface area (Å²) in [5.74, 6) is 0. The zero-order chi connectivity index (χ0) is 14.5. The van der Waals surface area contributed by atoms with Gasteiger partial charge in [0, 0.05) is 15.6 Å². The van der Waals surface area contributed by atoms with Gasteiger partial charge in [0.1, 0.15) is 0 Å². The quantitative estimate of drug-likeness (QED) is 0.505. The number of hydrogen-bond acceptors (Lipinski definition) is 0. The second-order valence-electron chi connectivity index (χ2n) is 4.84. The second-order valence-corrected chi connectivity index (χ2v) is 6.57. The molecule has 2 aromatic carbocycles. The van der Waals surface area contributed by atoms with Crippen LogP contribution in [0.5, 0.6) is 0 Å². The molecule has 2 aromatic rings. The molecule has 2 rings (SSSR count). The van der Waals surface area contributed by atoms with E-state index in [2.05, 4.69) is 47.1 Å². The molecule has 0 radical (unpaired) electrons. The summed E-state index contributed by atoms with van der Waals surface area (Å²) >= 11 is 16.2. The molecule has 0 N–H and O–H groups in total. The van der Waals surface area contributed by atoms with Crippen molar-refractivity contribution in [3.63, 3.8) is 0 Å². The number of benzene rings is 2. The first-order chi connectivity index (χ1) is 9.63. The van der Waals surface area contributed by atoms with Crippen molar-refractivity contribution in [1.82, 2.24) is 0 Å². The molecule has 1 unspecified atom stereocenters. The van der Waals surface area contributed by atoms with Crippen molar-refractivity contribution in [2.75, 3.05) is 0 Å². The number of rotatable bonds is 5. The lowest BCUT2D eigenvalue weighted by Gasteiger charge is -2.15. The summed E-state index contributed by atoms with van der Waals surface area (Å²) < 4.78 is 0. The van der Waals surface area contributed by atoms with Crippen molar-refractivity contribution in [2.45, 2.75) is 31.0 Å². The van der Waals surface area contributed by atoms with Crippen molar-refractivity contribution in [3.05, 3.63) is 69.2 Å². The Morgan fingerprint density at radius 2 is 1.60 bits per heavy atom. The third kappa shape index (κ3) is 3.78. The number of halogens is 3. The zero-order valence-corrected chi connectivity index (χ0v) is 14.5. The minimum atomic E-state index is 0.0175. The largest absolute Gasteiger partial charge is 0.0839 e. The maximum absolute atomic E-state index is 6.26. The Morgan fingerprint density at radius 3 is 2.15 bits per heavy atom. The summed E-state index contributed by atoms with van der Waals surface area (Å²) in [6, 6.07) is 14.3. The molecule has 20 heavy (non-hydrogen) atoms. The predicted octanol–water partition coefficient (Wildman–Crippen LogP) is 6.82. The molecule has 0 amide bonds. The fourth-order valence-corrected chi connectivity index (χ4v) is 3.83. The van der Waals surface area contributed by atoms with Crippen molar-refractivity contribution in [1.29, 1.82) is 0 Å². The lowest BCUT2D eigenvalue weighted by Crippen LogP contribution is -1.96. The van der Waals surface area contributed by atoms with Gasteiger partial charge in [-0.3, -0.25) is 0 Å². The van der Waals surface area contributed by atoms with Crippen LogP contribution < -0.4 is 0 Å². The summed E-state index contributed by atoms with van der Waals surface area (Å²) in [6.45, 7) is 2.21. The highest BCUT2D eigenvalue weighted by Gasteiger charge is 2.16. The maximum atomic E-state index is 6.26. The van der Waals surface area contributed by atoms with E-state index in [4.69, 9.17) is 23.2 Å². The molecule has 0 saturated carbocycles. The van der Waals surface area contributed by atoms with Crippen LogP contribution in [0.1, 0.15) is 41.3 Å². The van der Waals surface area contributed by atoms with Gasteiger partial charge < -0.3 is 0 Å². The van der Waals surface area contributed by atoms with Gasteiger partial charge in [-0.15, -0.1) is 0 Å². The van der Waals surface area contributed by atoms with E-state index in [1.807, 2.05) is 18.2 Å². The fourth-order valence-electron chi connectivity index (χ4n) is 2.15. The molecule has 0 saturated heterocycles. The Hall–Kier alpha value is -0.500. The van der Waals surface area contributed by atoms with Crippen LogP contribution in [0.15, 0.2) is 42.5 Å². The molecule has 106 valence electrons. The smallest absolute Gasteiger partial charge is 0.0673 e. The van der Waals surface area contributed by atoms with Crippen LogP contribution >= 0.6 is 39.1 Å². The van der Waals surface area contributed by atoms with Crippen LogP contribution in [0.4, 0.5) is 0 Å². The van der Waals surface area contributed by atoms with Crippen LogP contribution in [0.25, 0.3) is 0 Å². The molecule has 0 spiro atoms.